The van der Waals surface area contributed by atoms with E-state index < -0.39 is 0 Å². The molecule has 0 aliphatic carbocycles. The summed E-state index contributed by atoms with van der Waals surface area (Å²) in [5, 5.41) is 0.925. The Morgan fingerprint density at radius 3 is 3.00 bits per heavy atom. The minimum Gasteiger partial charge on any atom is -0.465 e. The van der Waals surface area contributed by atoms with Gasteiger partial charge in [0.2, 0.25) is 0 Å². The predicted molar refractivity (Wildman–Crippen MR) is 53.2 cm³/mol. The number of rotatable bonds is 3. The van der Waals surface area contributed by atoms with E-state index in [0.717, 1.165) is 11.8 Å². The van der Waals surface area contributed by atoms with E-state index in [9.17, 15) is 4.79 Å². The molecule has 0 atom stereocenters. The Kier molecular flexibility index (Phi) is 3.75. The molecule has 1 rings (SSSR count). The van der Waals surface area contributed by atoms with Crippen molar-refractivity contribution in [2.75, 3.05) is 12.4 Å². The van der Waals surface area contributed by atoms with E-state index >= 15 is 0 Å². The Balaban J connectivity index is 2.70. The third kappa shape index (κ3) is 2.32. The summed E-state index contributed by atoms with van der Waals surface area (Å²) >= 11 is 4.83. The fourth-order valence-electron chi connectivity index (χ4n) is 0.816. The molecule has 4 heteroatoms. The van der Waals surface area contributed by atoms with Gasteiger partial charge in [-0.2, -0.15) is 0 Å². The Hall–Kier alpha value is -0.350. The van der Waals surface area contributed by atoms with Gasteiger partial charge in [0, 0.05) is 10.2 Å². The molecule has 0 aliphatic heterocycles. The number of ether oxygens (including phenoxy) is 1. The van der Waals surface area contributed by atoms with Crippen molar-refractivity contribution in [2.45, 2.75) is 6.42 Å². The first kappa shape index (κ1) is 9.74. The van der Waals surface area contributed by atoms with Crippen LogP contribution in [0.1, 0.15) is 14.5 Å². The fraction of sp³-hybridized carbons (Fsp3) is 0.375. The van der Waals surface area contributed by atoms with E-state index in [4.69, 9.17) is 0 Å². The van der Waals surface area contributed by atoms with E-state index in [-0.39, 0.29) is 5.97 Å². The van der Waals surface area contributed by atoms with Gasteiger partial charge in [0.15, 0.2) is 0 Å². The lowest BCUT2D eigenvalue weighted by molar-refractivity contribution is 0.0606. The van der Waals surface area contributed by atoms with Crippen LogP contribution in [-0.2, 0) is 11.2 Å². The van der Waals surface area contributed by atoms with Crippen molar-refractivity contribution in [1.29, 1.82) is 0 Å². The maximum absolute atomic E-state index is 11.0. The van der Waals surface area contributed by atoms with Crippen LogP contribution in [0.5, 0.6) is 0 Å². The summed E-state index contributed by atoms with van der Waals surface area (Å²) in [5.41, 5.74) is 0. The largest absolute Gasteiger partial charge is 0.465 e. The summed E-state index contributed by atoms with van der Waals surface area (Å²) in [4.78, 5) is 12.9. The molecule has 0 spiro atoms. The number of hydrogen-bond donors (Lipinski definition) is 0. The smallest absolute Gasteiger partial charge is 0.348 e. The highest BCUT2D eigenvalue weighted by Crippen LogP contribution is 2.18. The van der Waals surface area contributed by atoms with Gasteiger partial charge in [0.1, 0.15) is 4.88 Å². The molecule has 0 unspecified atom stereocenters. The quantitative estimate of drug-likeness (QED) is 0.607. The minimum atomic E-state index is -0.249. The van der Waals surface area contributed by atoms with Crippen molar-refractivity contribution in [3.05, 3.63) is 21.9 Å². The zero-order chi connectivity index (χ0) is 8.97. The summed E-state index contributed by atoms with van der Waals surface area (Å²) in [6.07, 6.45) is 0.960. The molecule has 0 saturated heterocycles. The first-order valence-electron chi connectivity index (χ1n) is 3.51. The summed E-state index contributed by atoms with van der Waals surface area (Å²) in [7, 11) is 1.40. The lowest BCUT2D eigenvalue weighted by Crippen LogP contribution is -1.96. The Labute approximate surface area is 83.7 Å². The fourth-order valence-corrected chi connectivity index (χ4v) is 2.43. The van der Waals surface area contributed by atoms with Crippen molar-refractivity contribution >= 4 is 33.2 Å². The highest BCUT2D eigenvalue weighted by Gasteiger charge is 2.07. The highest BCUT2D eigenvalue weighted by molar-refractivity contribution is 9.09. The van der Waals surface area contributed by atoms with Crippen molar-refractivity contribution < 1.29 is 9.53 Å². The zero-order valence-corrected chi connectivity index (χ0v) is 9.07. The molecule has 0 bridgehead atoms. The number of alkyl halides is 1. The topological polar surface area (TPSA) is 26.3 Å². The Morgan fingerprint density at radius 1 is 1.67 bits per heavy atom. The molecule has 0 aliphatic rings. The lowest BCUT2D eigenvalue weighted by Gasteiger charge is -1.92. The number of thiophene rings is 1. The van der Waals surface area contributed by atoms with Gasteiger partial charge in [-0.05, 0) is 18.6 Å². The Bertz CT molecular complexity index is 270. The summed E-state index contributed by atoms with van der Waals surface area (Å²) in [6, 6.07) is 3.76. The number of carbonyl (C=O) groups is 1. The molecule has 1 aromatic heterocycles. The van der Waals surface area contributed by atoms with Crippen LogP contribution in [0.15, 0.2) is 12.1 Å². The molecule has 0 aromatic carbocycles. The molecule has 0 N–H and O–H groups in total. The average Bonchev–Trinajstić information content (AvgIpc) is 2.52. The number of aryl methyl sites for hydroxylation is 1. The van der Waals surface area contributed by atoms with Crippen LogP contribution in [0.4, 0.5) is 0 Å². The first-order valence-corrected chi connectivity index (χ1v) is 5.44. The number of halogens is 1. The minimum absolute atomic E-state index is 0.249. The van der Waals surface area contributed by atoms with Crippen LogP contribution >= 0.6 is 27.3 Å². The van der Waals surface area contributed by atoms with Gasteiger partial charge >= 0.3 is 5.97 Å². The van der Waals surface area contributed by atoms with Gasteiger partial charge in [-0.1, -0.05) is 15.9 Å². The van der Waals surface area contributed by atoms with E-state index in [1.165, 1.54) is 23.3 Å². The SMILES string of the molecule is COC(=O)c1ccc(CCBr)s1. The van der Waals surface area contributed by atoms with Crippen molar-refractivity contribution in [2.24, 2.45) is 0 Å². The molecule has 12 heavy (non-hydrogen) atoms. The number of esters is 1. The molecule has 0 fully saturated rings. The third-order valence-corrected chi connectivity index (χ3v) is 2.91. The molecule has 66 valence electrons. The van der Waals surface area contributed by atoms with Crippen molar-refractivity contribution in [3.63, 3.8) is 0 Å². The monoisotopic (exact) mass is 248 g/mol. The molecule has 1 aromatic rings. The lowest BCUT2D eigenvalue weighted by atomic mass is 10.4. The van der Waals surface area contributed by atoms with Gasteiger partial charge in [0.05, 0.1) is 7.11 Å². The summed E-state index contributed by atoms with van der Waals surface area (Å²) < 4.78 is 4.59. The van der Waals surface area contributed by atoms with Crippen LogP contribution in [0.3, 0.4) is 0 Å². The second-order valence-electron chi connectivity index (χ2n) is 2.20. The van der Waals surface area contributed by atoms with Gasteiger partial charge in [-0.25, -0.2) is 4.79 Å². The van der Waals surface area contributed by atoms with Crippen molar-refractivity contribution in [1.82, 2.24) is 0 Å². The standard InChI is InChI=1S/C8H9BrO2S/c1-11-8(10)7-3-2-6(12-7)4-5-9/h2-3H,4-5H2,1H3. The van der Waals surface area contributed by atoms with Gasteiger partial charge in [0.25, 0.3) is 0 Å². The number of carbonyl (C=O) groups excluding carboxylic acids is 1. The summed E-state index contributed by atoms with van der Waals surface area (Å²) in [5.74, 6) is -0.249. The van der Waals surface area contributed by atoms with Gasteiger partial charge in [-0.15, -0.1) is 11.3 Å². The van der Waals surface area contributed by atoms with E-state index in [1.54, 1.807) is 6.07 Å². The number of methoxy groups -OCH3 is 1. The second kappa shape index (κ2) is 4.62. The zero-order valence-electron chi connectivity index (χ0n) is 6.67. The van der Waals surface area contributed by atoms with Crippen LogP contribution in [0, 0.1) is 0 Å². The van der Waals surface area contributed by atoms with Gasteiger partial charge in [-0.3, -0.25) is 0 Å². The van der Waals surface area contributed by atoms with E-state index in [2.05, 4.69) is 20.7 Å². The summed E-state index contributed by atoms with van der Waals surface area (Å²) in [6.45, 7) is 0. The highest BCUT2D eigenvalue weighted by atomic mass is 79.9. The maximum atomic E-state index is 11.0. The molecule has 0 amide bonds. The Morgan fingerprint density at radius 2 is 2.42 bits per heavy atom. The molecule has 0 radical (unpaired) electrons. The normalized spacial score (nSPS) is 9.83. The van der Waals surface area contributed by atoms with E-state index in [1.807, 2.05) is 6.07 Å². The first-order chi connectivity index (χ1) is 5.77. The maximum Gasteiger partial charge on any atom is 0.348 e. The predicted octanol–water partition coefficient (Wildman–Crippen LogP) is 2.47. The molecular formula is C8H9BrO2S. The van der Waals surface area contributed by atoms with Crippen molar-refractivity contribution in [3.8, 4) is 0 Å². The van der Waals surface area contributed by atoms with Crippen LogP contribution < -0.4 is 0 Å². The average molecular weight is 249 g/mol. The third-order valence-electron chi connectivity index (χ3n) is 1.39. The van der Waals surface area contributed by atoms with E-state index in [0.29, 0.717) is 4.88 Å². The van der Waals surface area contributed by atoms with Crippen LogP contribution in [0.2, 0.25) is 0 Å². The second-order valence-corrected chi connectivity index (χ2v) is 4.16. The van der Waals surface area contributed by atoms with Crippen LogP contribution in [0.25, 0.3) is 0 Å². The van der Waals surface area contributed by atoms with Gasteiger partial charge < -0.3 is 4.74 Å². The molecule has 0 saturated carbocycles. The molecule has 1 heterocycles. The molecule has 2 nitrogen and oxygen atoms in total. The molecular weight excluding hydrogens is 240 g/mol. The van der Waals surface area contributed by atoms with Crippen LogP contribution in [-0.4, -0.2) is 18.4 Å². The number of hydrogen-bond acceptors (Lipinski definition) is 3.